The lowest BCUT2D eigenvalue weighted by Crippen LogP contribution is -2.68. The van der Waals surface area contributed by atoms with Gasteiger partial charge in [-0.1, -0.05) is 65.0 Å². The van der Waals surface area contributed by atoms with E-state index in [1.54, 1.807) is 32.9 Å². The van der Waals surface area contributed by atoms with Crippen molar-refractivity contribution in [2.75, 3.05) is 82.6 Å². The summed E-state index contributed by atoms with van der Waals surface area (Å²) in [5.74, 6) is -16.7. The number of fused-ring (bicyclic) bond motifs is 3. The zero-order valence-corrected chi connectivity index (χ0v) is 63.3. The van der Waals surface area contributed by atoms with Gasteiger partial charge in [-0.05, 0) is 151 Å². The Morgan fingerprint density at radius 1 is 0.613 bits per heavy atom. The molecule has 0 radical (unpaired) electrons. The van der Waals surface area contributed by atoms with Crippen LogP contribution in [0.25, 0.3) is 0 Å². The average Bonchev–Trinajstić information content (AvgIpc) is 1.14. The van der Waals surface area contributed by atoms with E-state index in [0.717, 1.165) is 32.4 Å². The van der Waals surface area contributed by atoms with Gasteiger partial charge in [0.25, 0.3) is 0 Å². The number of amides is 12. The summed E-state index contributed by atoms with van der Waals surface area (Å²) in [6, 6.07) is -11.0. The fourth-order valence-corrected chi connectivity index (χ4v) is 17.1. The monoisotopic (exact) mass is 1510 g/mol. The molecule has 2 bridgehead atoms. The molecule has 24 nitrogen and oxygen atoms in total. The van der Waals surface area contributed by atoms with Gasteiger partial charge in [-0.25, -0.2) is 8.78 Å². The van der Waals surface area contributed by atoms with Crippen molar-refractivity contribution in [3.05, 3.63) is 12.2 Å². The first kappa shape index (κ1) is 84.4. The Hall–Kier alpha value is -7.18. The van der Waals surface area contributed by atoms with E-state index in [4.69, 9.17) is 0 Å². The molecule has 0 aromatic carbocycles. The van der Waals surface area contributed by atoms with Crippen molar-refractivity contribution in [2.45, 2.75) is 253 Å². The second kappa shape index (κ2) is 35.5. The van der Waals surface area contributed by atoms with Crippen molar-refractivity contribution >= 4 is 70.9 Å². The lowest BCUT2D eigenvalue weighted by Gasteiger charge is -2.46. The molecule has 596 valence electrons. The Balaban J connectivity index is 1.18. The normalized spacial score (nSPS) is 33.0. The average molecular weight is 1510 g/mol. The second-order valence-corrected chi connectivity index (χ2v) is 32.2. The van der Waals surface area contributed by atoms with Gasteiger partial charge in [-0.3, -0.25) is 57.5 Å². The predicted octanol–water partition coefficient (Wildman–Crippen LogP) is 6.34. The van der Waals surface area contributed by atoms with Crippen LogP contribution in [0.2, 0.25) is 0 Å². The summed E-state index contributed by atoms with van der Waals surface area (Å²) in [6.45, 7) is 3.50. The number of alkyl halides is 8. The van der Waals surface area contributed by atoms with Gasteiger partial charge in [0.2, 0.25) is 70.9 Å². The van der Waals surface area contributed by atoms with Crippen LogP contribution in [-0.2, 0) is 57.5 Å². The van der Waals surface area contributed by atoms with Crippen molar-refractivity contribution in [2.24, 2.45) is 47.3 Å². The number of carbonyl (C=O) groups is 12. The Kier molecular flexibility index (Phi) is 28.2. The molecule has 0 aromatic heterocycles. The minimum atomic E-state index is -5.20. The largest absolute Gasteiger partial charge is 0.397 e. The molecule has 32 heteroatoms. The van der Waals surface area contributed by atoms with Crippen LogP contribution in [0, 0.1) is 47.3 Å². The van der Waals surface area contributed by atoms with Crippen molar-refractivity contribution < 1.29 is 92.7 Å². The van der Waals surface area contributed by atoms with Crippen molar-refractivity contribution in [1.29, 1.82) is 0 Å². The molecule has 12 atom stereocenters. The van der Waals surface area contributed by atoms with Crippen molar-refractivity contribution in [3.63, 3.8) is 0 Å². The number of hydrogen-bond acceptors (Lipinski definition) is 12. The van der Waals surface area contributed by atoms with Crippen molar-refractivity contribution in [3.8, 4) is 0 Å². The van der Waals surface area contributed by atoms with Crippen LogP contribution in [-0.4, -0.2) is 276 Å². The van der Waals surface area contributed by atoms with Gasteiger partial charge in [0.15, 0.2) is 0 Å². The van der Waals surface area contributed by atoms with Crippen LogP contribution in [0.3, 0.4) is 0 Å². The third kappa shape index (κ3) is 20.0. The van der Waals surface area contributed by atoms with Gasteiger partial charge < -0.3 is 60.0 Å². The summed E-state index contributed by atoms with van der Waals surface area (Å²) in [4.78, 5) is 191. The maximum absolute atomic E-state index is 15.5. The molecule has 3 aliphatic heterocycles. The van der Waals surface area contributed by atoms with E-state index in [-0.39, 0.29) is 96.1 Å². The first-order valence-electron chi connectivity index (χ1n) is 38.0. The third-order valence-electron chi connectivity index (χ3n) is 24.3. The highest BCUT2D eigenvalue weighted by Crippen LogP contribution is 2.46. The molecule has 5 aliphatic carbocycles. The molecule has 1 spiro atoms. The number of nitrogens with one attached hydrogen (secondary N) is 3. The Morgan fingerprint density at radius 3 is 1.76 bits per heavy atom. The summed E-state index contributed by atoms with van der Waals surface area (Å²) in [5.41, 5.74) is -1.64. The van der Waals surface area contributed by atoms with Crippen LogP contribution in [0.15, 0.2) is 12.2 Å². The van der Waals surface area contributed by atoms with E-state index in [1.165, 1.54) is 80.9 Å². The highest BCUT2D eigenvalue weighted by molar-refractivity contribution is 6.01. The summed E-state index contributed by atoms with van der Waals surface area (Å²) >= 11 is 0. The standard InChI is InChI=1S/C74H112F8N12O12/c1-12-43(3)61-69(104)88(7)41-59(97)89(8)52-21-14-13-17-32-93(68(52)103)56(37-45-24-27-48(28-25-45)73(77,78)79)67(102)87(6)40-57(95)83-51(29-26-46-34-49(75)60(50(76)35-46)74(80,81)82)65(100)94-39-42(2)33-54(94)64(99)85-72(30-18-31-72)71(106)92(11)62(47-19-15-16-20-47)70(105)91(10)55(66(101)86(4)5)38-58(96)90(9)53(63(98)84-61)36-44-22-23-44/h13-14,42-56,60-62H,12,15-41H2,1-11H3,(H,83,95)(H,84,98)(H,85,99)/b14-13-/t42-,43-,45?,46?,48?,49?,50?,51-,52-,53-,54-,55-,56-,60?,61-,62-/m0/s1. The van der Waals surface area contributed by atoms with Crippen LogP contribution in [0.5, 0.6) is 0 Å². The van der Waals surface area contributed by atoms with Gasteiger partial charge in [0, 0.05) is 69.5 Å². The van der Waals surface area contributed by atoms with E-state index < -0.39 is 230 Å². The van der Waals surface area contributed by atoms with E-state index in [0.29, 0.717) is 38.5 Å². The topological polar surface area (TPSA) is 270 Å². The lowest BCUT2D eigenvalue weighted by atomic mass is 9.74. The lowest BCUT2D eigenvalue weighted by molar-refractivity contribution is -0.219. The fourth-order valence-electron chi connectivity index (χ4n) is 17.1. The summed E-state index contributed by atoms with van der Waals surface area (Å²) in [5, 5.41) is 8.46. The maximum Gasteiger partial charge on any atom is 0.397 e. The zero-order chi connectivity index (χ0) is 78.4. The van der Waals surface area contributed by atoms with E-state index in [1.807, 2.05) is 0 Å². The van der Waals surface area contributed by atoms with E-state index in [2.05, 4.69) is 16.0 Å². The van der Waals surface area contributed by atoms with Crippen LogP contribution in [0.1, 0.15) is 175 Å². The molecule has 8 rings (SSSR count). The first-order valence-corrected chi connectivity index (χ1v) is 38.0. The second-order valence-electron chi connectivity index (χ2n) is 32.2. The molecule has 3 N–H and O–H groups in total. The Labute approximate surface area is 616 Å². The highest BCUT2D eigenvalue weighted by Gasteiger charge is 2.56. The van der Waals surface area contributed by atoms with Gasteiger partial charge in [-0.2, -0.15) is 26.3 Å². The molecule has 7 fully saturated rings. The van der Waals surface area contributed by atoms with Crippen LogP contribution in [0.4, 0.5) is 35.1 Å². The summed E-state index contributed by atoms with van der Waals surface area (Å²) < 4.78 is 115. The number of rotatable bonds is 11. The molecule has 5 saturated carbocycles. The summed E-state index contributed by atoms with van der Waals surface area (Å²) in [6.07, 6.45) is -10.1. The molecule has 106 heavy (non-hydrogen) atoms. The minimum absolute atomic E-state index is 0.00609. The van der Waals surface area contributed by atoms with Crippen LogP contribution < -0.4 is 16.0 Å². The summed E-state index contributed by atoms with van der Waals surface area (Å²) in [7, 11) is 11.0. The quantitative estimate of drug-likeness (QED) is 0.151. The van der Waals surface area contributed by atoms with E-state index >= 15 is 37.5 Å². The van der Waals surface area contributed by atoms with Crippen LogP contribution >= 0.6 is 0 Å². The van der Waals surface area contributed by atoms with E-state index in [9.17, 15) is 55.1 Å². The predicted molar refractivity (Wildman–Crippen MR) is 373 cm³/mol. The number of carbonyl (C=O) groups excluding carboxylic acids is 12. The molecule has 12 amide bonds. The molecular formula is C74H112F8N12O12. The smallest absolute Gasteiger partial charge is 0.347 e. The number of nitrogens with zero attached hydrogens (tertiary/aromatic N) is 9. The van der Waals surface area contributed by atoms with Crippen molar-refractivity contribution in [1.82, 2.24) is 60.0 Å². The number of hydrogen-bond donors (Lipinski definition) is 3. The fraction of sp³-hybridized carbons (Fsp3) is 0.811. The SMILES string of the molecule is CC[C@H](C)[C@@H]1NC(=O)[C@H](CC2CC2)N(C)C(=O)C[C@@H](C(=O)N(C)C)N(C)C(=O)[C@H](C2CCCC2)N(C)C(=O)C2(CCC2)NC(=O)[C@@H]2C[C@H](C)CN2C(=O)[C@H](CCC2CC(F)C(C(F)(F)F)C(F)C2)NC(=O)CN(C)C(=O)[C@H](CC2CCC(C(F)(F)F)CC2)N2CC/C=C\C[C@@H](C2=O)N(C)C(=O)CN(C)C1=O. The van der Waals surface area contributed by atoms with Gasteiger partial charge in [-0.15, -0.1) is 0 Å². The number of likely N-dealkylation sites (N-methyl/N-ethyl adjacent to an activating group) is 7. The highest BCUT2D eigenvalue weighted by atomic mass is 19.4. The maximum atomic E-state index is 15.5. The Morgan fingerprint density at radius 2 is 1.21 bits per heavy atom. The molecular weight excluding hydrogens is 1400 g/mol. The zero-order valence-electron chi connectivity index (χ0n) is 63.3. The van der Waals surface area contributed by atoms with Gasteiger partial charge in [0.1, 0.15) is 72.1 Å². The minimum Gasteiger partial charge on any atom is -0.347 e. The number of halogens is 8. The molecule has 8 aliphatic rings. The first-order chi connectivity index (χ1) is 49.7. The molecule has 0 aromatic rings. The van der Waals surface area contributed by atoms with Gasteiger partial charge >= 0.3 is 12.4 Å². The molecule has 2 saturated heterocycles. The third-order valence-corrected chi connectivity index (χ3v) is 24.3. The Bertz CT molecular complexity index is 3220. The molecule has 2 unspecified atom stereocenters. The molecule has 3 heterocycles. The van der Waals surface area contributed by atoms with Gasteiger partial charge in [0.05, 0.1) is 25.4 Å².